The van der Waals surface area contributed by atoms with Crippen molar-refractivity contribution in [1.29, 1.82) is 0 Å². The summed E-state index contributed by atoms with van der Waals surface area (Å²) in [5, 5.41) is 7.12. The molecule has 0 amide bonds. The fraction of sp³-hybridized carbons (Fsp3) is 0.462. The Morgan fingerprint density at radius 2 is 1.90 bits per heavy atom. The van der Waals surface area contributed by atoms with Crippen LogP contribution < -0.4 is 10.5 Å². The number of halogens is 3. The number of aliphatic carboxylic acids is 1. The van der Waals surface area contributed by atoms with Crippen molar-refractivity contribution in [2.24, 2.45) is 5.73 Å². The van der Waals surface area contributed by atoms with Crippen molar-refractivity contribution in [2.75, 3.05) is 0 Å². The third-order valence-electron chi connectivity index (χ3n) is 2.11. The summed E-state index contributed by atoms with van der Waals surface area (Å²) in [5.41, 5.74) is 7.84. The lowest BCUT2D eigenvalue weighted by molar-refractivity contribution is -0.192. The molecule has 0 atom stereocenters. The number of alkyl halides is 3. The first-order valence-electron chi connectivity index (χ1n) is 5.85. The molecule has 1 rings (SSSR count). The summed E-state index contributed by atoms with van der Waals surface area (Å²) in [6, 6.07) is 6.05. The van der Waals surface area contributed by atoms with Gasteiger partial charge in [0.05, 0.1) is 6.10 Å². The van der Waals surface area contributed by atoms with E-state index < -0.39 is 12.1 Å². The Balaban J connectivity index is 0.000000441. The first kappa shape index (κ1) is 18.2. The smallest absolute Gasteiger partial charge is 0.490 e. The minimum atomic E-state index is -5.08. The molecule has 0 aromatic heterocycles. The van der Waals surface area contributed by atoms with Gasteiger partial charge in [0, 0.05) is 12.1 Å². The molecule has 0 aliphatic carbocycles. The molecule has 4 nitrogen and oxygen atoms in total. The van der Waals surface area contributed by atoms with Gasteiger partial charge in [-0.05, 0) is 26.3 Å². The van der Waals surface area contributed by atoms with Gasteiger partial charge in [-0.25, -0.2) is 4.79 Å². The zero-order chi connectivity index (χ0) is 15.9. The highest BCUT2D eigenvalue weighted by atomic mass is 19.4. The summed E-state index contributed by atoms with van der Waals surface area (Å²) >= 11 is 0. The molecule has 7 heteroatoms. The number of nitrogens with two attached hydrogens (primary N) is 1. The van der Waals surface area contributed by atoms with Crippen LogP contribution in [0.15, 0.2) is 18.2 Å². The van der Waals surface area contributed by atoms with E-state index in [-0.39, 0.29) is 6.10 Å². The van der Waals surface area contributed by atoms with Crippen molar-refractivity contribution >= 4 is 5.97 Å². The Bertz CT molecular complexity index is 445. The fourth-order valence-electron chi connectivity index (χ4n) is 1.28. The molecule has 0 heterocycles. The number of carbonyl (C=O) groups is 1. The second-order valence-electron chi connectivity index (χ2n) is 4.24. The van der Waals surface area contributed by atoms with Crippen LogP contribution in [-0.2, 0) is 11.3 Å². The molecular formula is C13H18F3NO3. The monoisotopic (exact) mass is 293 g/mol. The van der Waals surface area contributed by atoms with Crippen molar-refractivity contribution in [3.8, 4) is 5.75 Å². The van der Waals surface area contributed by atoms with E-state index in [9.17, 15) is 13.2 Å². The minimum absolute atomic E-state index is 0.200. The van der Waals surface area contributed by atoms with E-state index in [2.05, 4.69) is 0 Å². The van der Waals surface area contributed by atoms with Gasteiger partial charge in [0.1, 0.15) is 5.75 Å². The molecule has 20 heavy (non-hydrogen) atoms. The maximum absolute atomic E-state index is 10.6. The molecule has 0 fully saturated rings. The summed E-state index contributed by atoms with van der Waals surface area (Å²) in [6.07, 6.45) is -4.88. The zero-order valence-electron chi connectivity index (χ0n) is 11.5. The molecule has 0 bridgehead atoms. The molecule has 0 radical (unpaired) electrons. The van der Waals surface area contributed by atoms with Gasteiger partial charge in [-0.2, -0.15) is 13.2 Å². The van der Waals surface area contributed by atoms with Gasteiger partial charge in [0.25, 0.3) is 0 Å². The van der Waals surface area contributed by atoms with Crippen LogP contribution >= 0.6 is 0 Å². The first-order chi connectivity index (χ1) is 9.09. The lowest BCUT2D eigenvalue weighted by Gasteiger charge is -2.15. The predicted molar refractivity (Wildman–Crippen MR) is 68.5 cm³/mol. The molecule has 0 aliphatic heterocycles. The number of para-hydroxylation sites is 1. The zero-order valence-corrected chi connectivity index (χ0v) is 11.5. The topological polar surface area (TPSA) is 72.5 Å². The normalized spacial score (nSPS) is 10.8. The van der Waals surface area contributed by atoms with Gasteiger partial charge in [0.15, 0.2) is 0 Å². The Labute approximate surface area is 115 Å². The number of ether oxygens (including phenoxy) is 1. The van der Waals surface area contributed by atoms with Gasteiger partial charge >= 0.3 is 12.1 Å². The van der Waals surface area contributed by atoms with E-state index in [0.717, 1.165) is 16.9 Å². The third-order valence-corrected chi connectivity index (χ3v) is 2.11. The van der Waals surface area contributed by atoms with Crippen LogP contribution in [0.3, 0.4) is 0 Å². The minimum Gasteiger partial charge on any atom is -0.490 e. The summed E-state index contributed by atoms with van der Waals surface area (Å²) in [7, 11) is 0. The van der Waals surface area contributed by atoms with E-state index in [4.69, 9.17) is 20.4 Å². The van der Waals surface area contributed by atoms with Crippen molar-refractivity contribution in [2.45, 2.75) is 39.6 Å². The molecule has 0 aliphatic rings. The average molecular weight is 293 g/mol. The Morgan fingerprint density at radius 3 is 2.25 bits per heavy atom. The molecular weight excluding hydrogens is 275 g/mol. The van der Waals surface area contributed by atoms with Crippen LogP contribution in [0.2, 0.25) is 0 Å². The van der Waals surface area contributed by atoms with Gasteiger partial charge in [0.2, 0.25) is 0 Å². The summed E-state index contributed by atoms with van der Waals surface area (Å²) in [5.74, 6) is -1.81. The van der Waals surface area contributed by atoms with Crippen molar-refractivity contribution in [3.63, 3.8) is 0 Å². The highest BCUT2D eigenvalue weighted by molar-refractivity contribution is 5.73. The first-order valence-corrected chi connectivity index (χ1v) is 5.85. The van der Waals surface area contributed by atoms with Crippen LogP contribution in [-0.4, -0.2) is 23.4 Å². The van der Waals surface area contributed by atoms with E-state index in [1.165, 1.54) is 0 Å². The number of rotatable bonds is 3. The van der Waals surface area contributed by atoms with E-state index in [1.807, 2.05) is 39.0 Å². The predicted octanol–water partition coefficient (Wildman–Crippen LogP) is 2.87. The molecule has 0 saturated heterocycles. The highest BCUT2D eigenvalue weighted by Crippen LogP contribution is 2.23. The molecule has 0 saturated carbocycles. The van der Waals surface area contributed by atoms with Crippen LogP contribution in [0.4, 0.5) is 13.2 Å². The highest BCUT2D eigenvalue weighted by Gasteiger charge is 2.38. The molecule has 1 aromatic rings. The quantitative estimate of drug-likeness (QED) is 0.898. The fourth-order valence-corrected chi connectivity index (χ4v) is 1.28. The number of aryl methyl sites for hydroxylation is 1. The van der Waals surface area contributed by atoms with E-state index in [0.29, 0.717) is 6.54 Å². The number of hydrogen-bond acceptors (Lipinski definition) is 3. The summed E-state index contributed by atoms with van der Waals surface area (Å²) in [4.78, 5) is 8.90. The van der Waals surface area contributed by atoms with Crippen molar-refractivity contribution in [1.82, 2.24) is 0 Å². The maximum atomic E-state index is 10.6. The van der Waals surface area contributed by atoms with E-state index in [1.54, 1.807) is 0 Å². The molecule has 0 spiro atoms. The van der Waals surface area contributed by atoms with Crippen LogP contribution in [0, 0.1) is 6.92 Å². The maximum Gasteiger partial charge on any atom is 0.490 e. The summed E-state index contributed by atoms with van der Waals surface area (Å²) < 4.78 is 37.4. The number of carboxylic acids is 1. The van der Waals surface area contributed by atoms with Crippen molar-refractivity contribution in [3.05, 3.63) is 29.3 Å². The average Bonchev–Trinajstić information content (AvgIpc) is 2.30. The Hall–Kier alpha value is -1.76. The van der Waals surface area contributed by atoms with Crippen LogP contribution in [0.5, 0.6) is 5.75 Å². The third kappa shape index (κ3) is 6.42. The van der Waals surface area contributed by atoms with Crippen molar-refractivity contribution < 1.29 is 27.8 Å². The second-order valence-corrected chi connectivity index (χ2v) is 4.24. The molecule has 1 aromatic carbocycles. The standard InChI is InChI=1S/C11H17NO.C2HF3O2/c1-8(2)13-11-9(3)5-4-6-10(11)7-12;3-2(4,5)1(6)7/h4-6,8H,7,12H2,1-3H3;(H,6,7). The van der Waals surface area contributed by atoms with E-state index >= 15 is 0 Å². The van der Waals surface area contributed by atoms with Gasteiger partial charge in [-0.1, -0.05) is 18.2 Å². The van der Waals surface area contributed by atoms with Gasteiger partial charge in [-0.3, -0.25) is 0 Å². The number of benzene rings is 1. The van der Waals surface area contributed by atoms with Gasteiger partial charge < -0.3 is 15.6 Å². The second kappa shape index (κ2) is 7.74. The largest absolute Gasteiger partial charge is 0.490 e. The van der Waals surface area contributed by atoms with Gasteiger partial charge in [-0.15, -0.1) is 0 Å². The molecule has 0 unspecified atom stereocenters. The number of hydrogen-bond donors (Lipinski definition) is 2. The lowest BCUT2D eigenvalue weighted by Crippen LogP contribution is -2.21. The lowest BCUT2D eigenvalue weighted by atomic mass is 10.1. The van der Waals surface area contributed by atoms with Crippen LogP contribution in [0.1, 0.15) is 25.0 Å². The SMILES string of the molecule is Cc1cccc(CN)c1OC(C)C.O=C(O)C(F)(F)F. The molecule has 114 valence electrons. The molecule has 3 N–H and O–H groups in total. The Kier molecular flexibility index (Phi) is 7.06. The number of carboxylic acid groups (broad SMARTS) is 1. The Morgan fingerprint density at radius 1 is 1.40 bits per heavy atom. The summed E-state index contributed by atoms with van der Waals surface area (Å²) in [6.45, 7) is 6.61. The van der Waals surface area contributed by atoms with Crippen LogP contribution in [0.25, 0.3) is 0 Å².